The van der Waals surface area contributed by atoms with Gasteiger partial charge in [-0.3, -0.25) is 0 Å². The molecule has 0 heterocycles. The highest BCUT2D eigenvalue weighted by molar-refractivity contribution is 5.75. The van der Waals surface area contributed by atoms with Gasteiger partial charge in [-0.1, -0.05) is 45.4 Å². The van der Waals surface area contributed by atoms with E-state index in [1.54, 1.807) is 6.92 Å². The van der Waals surface area contributed by atoms with Crippen LogP contribution in [0.4, 0.5) is 0 Å². The molecule has 0 amide bonds. The number of carbonyl (C=O) groups excluding carboxylic acids is 2. The van der Waals surface area contributed by atoms with Crippen LogP contribution >= 0.6 is 0 Å². The lowest BCUT2D eigenvalue weighted by Crippen LogP contribution is -2.27. The van der Waals surface area contributed by atoms with Crippen molar-refractivity contribution in [1.82, 2.24) is 4.90 Å². The Kier molecular flexibility index (Phi) is 17.1. The first-order valence-corrected chi connectivity index (χ1v) is 9.86. The van der Waals surface area contributed by atoms with Crippen molar-refractivity contribution in [3.8, 4) is 0 Å². The fourth-order valence-corrected chi connectivity index (χ4v) is 2.98. The summed E-state index contributed by atoms with van der Waals surface area (Å²) < 4.78 is 0. The largest absolute Gasteiger partial charge is 0.303 e. The van der Waals surface area contributed by atoms with Crippen LogP contribution < -0.4 is 0 Å². The molecule has 0 unspecified atom stereocenters. The fourth-order valence-electron chi connectivity index (χ4n) is 2.98. The van der Waals surface area contributed by atoms with Gasteiger partial charge in [-0.25, -0.2) is 0 Å². The third-order valence-corrected chi connectivity index (χ3v) is 4.34. The van der Waals surface area contributed by atoms with Crippen molar-refractivity contribution in [2.75, 3.05) is 19.6 Å². The Hall–Kier alpha value is -0.700. The maximum absolute atomic E-state index is 10.9. The zero-order valence-electron chi connectivity index (χ0n) is 15.7. The Bertz CT molecular complexity index is 279. The molecule has 0 radical (unpaired) electrons. The fraction of sp³-hybridized carbons (Fsp3) is 0.900. The summed E-state index contributed by atoms with van der Waals surface area (Å²) in [5.41, 5.74) is 0. The van der Waals surface area contributed by atoms with Crippen LogP contribution in [-0.4, -0.2) is 36.6 Å². The minimum Gasteiger partial charge on any atom is -0.303 e. The Morgan fingerprint density at radius 1 is 0.783 bits per heavy atom. The number of Topliss-reactive ketones (excluding diaryl/α,β-unsaturated/α-hetero) is 1. The van der Waals surface area contributed by atoms with Crippen molar-refractivity contribution in [2.24, 2.45) is 0 Å². The summed E-state index contributed by atoms with van der Waals surface area (Å²) in [5, 5.41) is 0. The highest BCUT2D eigenvalue weighted by Gasteiger charge is 2.03. The molecule has 136 valence electrons. The SMILES string of the molecule is CCCN(CCCCCCCC=O)CCCCCCCC(C)=O. The van der Waals surface area contributed by atoms with Crippen LogP contribution in [0, 0.1) is 0 Å². The zero-order valence-corrected chi connectivity index (χ0v) is 15.7. The summed E-state index contributed by atoms with van der Waals surface area (Å²) in [5.74, 6) is 0.324. The monoisotopic (exact) mass is 325 g/mol. The average molecular weight is 326 g/mol. The molecule has 0 aliphatic carbocycles. The number of ketones is 1. The van der Waals surface area contributed by atoms with Crippen LogP contribution in [0.2, 0.25) is 0 Å². The van der Waals surface area contributed by atoms with E-state index in [2.05, 4.69) is 11.8 Å². The molecule has 0 spiro atoms. The molecule has 0 saturated carbocycles. The van der Waals surface area contributed by atoms with Crippen molar-refractivity contribution in [3.63, 3.8) is 0 Å². The van der Waals surface area contributed by atoms with Crippen LogP contribution in [0.1, 0.15) is 97.3 Å². The molecular weight excluding hydrogens is 286 g/mol. The Morgan fingerprint density at radius 3 is 1.83 bits per heavy atom. The van der Waals surface area contributed by atoms with E-state index in [9.17, 15) is 9.59 Å². The molecule has 0 atom stereocenters. The highest BCUT2D eigenvalue weighted by atomic mass is 16.1. The van der Waals surface area contributed by atoms with E-state index < -0.39 is 0 Å². The third kappa shape index (κ3) is 17.5. The van der Waals surface area contributed by atoms with Crippen molar-refractivity contribution < 1.29 is 9.59 Å². The molecule has 23 heavy (non-hydrogen) atoms. The Labute approximate surface area is 144 Å². The van der Waals surface area contributed by atoms with Gasteiger partial charge in [0.25, 0.3) is 0 Å². The maximum atomic E-state index is 10.9. The van der Waals surface area contributed by atoms with Crippen molar-refractivity contribution in [3.05, 3.63) is 0 Å². The number of hydrogen-bond acceptors (Lipinski definition) is 3. The number of nitrogens with zero attached hydrogens (tertiary/aromatic N) is 1. The minimum atomic E-state index is 0.324. The van der Waals surface area contributed by atoms with Crippen molar-refractivity contribution in [1.29, 1.82) is 0 Å². The zero-order chi connectivity index (χ0) is 17.2. The van der Waals surface area contributed by atoms with Gasteiger partial charge < -0.3 is 14.5 Å². The molecule has 0 aromatic carbocycles. The summed E-state index contributed by atoms with van der Waals surface area (Å²) in [6.07, 6.45) is 16.0. The first kappa shape index (κ1) is 22.3. The van der Waals surface area contributed by atoms with Gasteiger partial charge in [-0.15, -0.1) is 0 Å². The van der Waals surface area contributed by atoms with Crippen LogP contribution in [0.3, 0.4) is 0 Å². The van der Waals surface area contributed by atoms with E-state index in [4.69, 9.17) is 0 Å². The number of carbonyl (C=O) groups is 2. The molecule has 0 N–H and O–H groups in total. The van der Waals surface area contributed by atoms with Crippen LogP contribution in [0.25, 0.3) is 0 Å². The van der Waals surface area contributed by atoms with Gasteiger partial charge in [-0.05, 0) is 58.7 Å². The quantitative estimate of drug-likeness (QED) is 0.258. The van der Waals surface area contributed by atoms with Gasteiger partial charge in [0.05, 0.1) is 0 Å². The molecule has 3 nitrogen and oxygen atoms in total. The number of unbranched alkanes of at least 4 members (excludes halogenated alkanes) is 9. The summed E-state index contributed by atoms with van der Waals surface area (Å²) in [7, 11) is 0. The van der Waals surface area contributed by atoms with Crippen LogP contribution in [0.15, 0.2) is 0 Å². The molecule has 0 aliphatic heterocycles. The first-order valence-electron chi connectivity index (χ1n) is 9.86. The molecule has 0 aromatic heterocycles. The van der Waals surface area contributed by atoms with Gasteiger partial charge in [-0.2, -0.15) is 0 Å². The minimum absolute atomic E-state index is 0.324. The smallest absolute Gasteiger partial charge is 0.129 e. The molecule has 3 heteroatoms. The molecule has 0 saturated heterocycles. The highest BCUT2D eigenvalue weighted by Crippen LogP contribution is 2.09. The van der Waals surface area contributed by atoms with Crippen molar-refractivity contribution in [2.45, 2.75) is 97.3 Å². The van der Waals surface area contributed by atoms with Crippen molar-refractivity contribution >= 4 is 12.1 Å². The number of rotatable bonds is 18. The number of hydrogen-bond donors (Lipinski definition) is 0. The molecule has 0 rings (SSSR count). The van der Waals surface area contributed by atoms with E-state index in [-0.39, 0.29) is 0 Å². The summed E-state index contributed by atoms with van der Waals surface area (Å²) in [4.78, 5) is 23.7. The number of aldehydes is 1. The van der Waals surface area contributed by atoms with Crippen LogP contribution in [0.5, 0.6) is 0 Å². The van der Waals surface area contributed by atoms with Gasteiger partial charge in [0.1, 0.15) is 12.1 Å². The molecule has 0 bridgehead atoms. The predicted molar refractivity (Wildman–Crippen MR) is 98.9 cm³/mol. The Balaban J connectivity index is 3.50. The second kappa shape index (κ2) is 17.7. The van der Waals surface area contributed by atoms with E-state index in [1.807, 2.05) is 0 Å². The van der Waals surface area contributed by atoms with Gasteiger partial charge in [0, 0.05) is 12.8 Å². The third-order valence-electron chi connectivity index (χ3n) is 4.34. The lowest BCUT2D eigenvalue weighted by atomic mass is 10.1. The van der Waals surface area contributed by atoms with E-state index >= 15 is 0 Å². The predicted octanol–water partition coefficient (Wildman–Crippen LogP) is 5.17. The standard InChI is InChI=1S/C20H39NO2/c1-3-16-21(17-12-8-4-5-10-14-19-22)18-13-9-6-7-11-15-20(2)23/h19H,3-18H2,1-2H3. The summed E-state index contributed by atoms with van der Waals surface area (Å²) in [6.45, 7) is 7.62. The average Bonchev–Trinajstić information content (AvgIpc) is 2.52. The molecule has 0 aliphatic rings. The molecular formula is C20H39NO2. The topological polar surface area (TPSA) is 37.4 Å². The second-order valence-corrected chi connectivity index (χ2v) is 6.78. The van der Waals surface area contributed by atoms with Gasteiger partial charge in [0.15, 0.2) is 0 Å². The second-order valence-electron chi connectivity index (χ2n) is 6.78. The lowest BCUT2D eigenvalue weighted by Gasteiger charge is -2.21. The molecule has 0 fully saturated rings. The Morgan fingerprint density at radius 2 is 1.30 bits per heavy atom. The van der Waals surface area contributed by atoms with E-state index in [0.717, 1.165) is 32.0 Å². The maximum Gasteiger partial charge on any atom is 0.129 e. The first-order chi connectivity index (χ1) is 11.2. The molecule has 0 aromatic rings. The summed E-state index contributed by atoms with van der Waals surface area (Å²) >= 11 is 0. The summed E-state index contributed by atoms with van der Waals surface area (Å²) in [6, 6.07) is 0. The van der Waals surface area contributed by atoms with Gasteiger partial charge in [0.2, 0.25) is 0 Å². The normalized spacial score (nSPS) is 11.1. The van der Waals surface area contributed by atoms with Gasteiger partial charge >= 0.3 is 0 Å². The van der Waals surface area contributed by atoms with E-state index in [1.165, 1.54) is 77.4 Å². The van der Waals surface area contributed by atoms with E-state index in [0.29, 0.717) is 5.78 Å². The lowest BCUT2D eigenvalue weighted by molar-refractivity contribution is -0.117. The van der Waals surface area contributed by atoms with Crippen LogP contribution in [-0.2, 0) is 9.59 Å².